The first-order chi connectivity index (χ1) is 17.8. The summed E-state index contributed by atoms with van der Waals surface area (Å²) in [6, 6.07) is 11.6. The van der Waals surface area contributed by atoms with Crippen LogP contribution in [0.15, 0.2) is 58.1 Å². The molecule has 1 fully saturated rings. The fraction of sp³-hybridized carbons (Fsp3) is 0.419. The van der Waals surface area contributed by atoms with Crippen LogP contribution in [-0.4, -0.2) is 49.5 Å². The van der Waals surface area contributed by atoms with Gasteiger partial charge >= 0.3 is 0 Å². The SMILES string of the molecule is Cc1c(F)cccc1C1=C(C(=O)c2cccc(O)c2)C[C](CCCCN(C)C)C([C@@H]2CCCNC2)=C1Br. The van der Waals surface area contributed by atoms with Crippen LogP contribution in [0.4, 0.5) is 4.39 Å². The number of phenolic OH excluding ortho intramolecular Hbond substituents is 1. The predicted molar refractivity (Wildman–Crippen MR) is 152 cm³/mol. The van der Waals surface area contributed by atoms with Gasteiger partial charge in [0.1, 0.15) is 11.6 Å². The lowest BCUT2D eigenvalue weighted by Crippen LogP contribution is -2.34. The number of aromatic hydroxyl groups is 1. The normalized spacial score (nSPS) is 19.1. The summed E-state index contributed by atoms with van der Waals surface area (Å²) in [5.41, 5.74) is 4.43. The van der Waals surface area contributed by atoms with Gasteiger partial charge in [-0.25, -0.2) is 4.39 Å². The Morgan fingerprint density at radius 1 is 1.19 bits per heavy atom. The number of piperidine rings is 1. The number of rotatable bonds is 9. The molecule has 4 rings (SSSR count). The highest BCUT2D eigenvalue weighted by Gasteiger charge is 2.36. The van der Waals surface area contributed by atoms with Gasteiger partial charge in [-0.15, -0.1) is 0 Å². The second-order valence-corrected chi connectivity index (χ2v) is 11.3. The van der Waals surface area contributed by atoms with Gasteiger partial charge < -0.3 is 15.3 Å². The molecule has 197 valence electrons. The number of allylic oxidation sites excluding steroid dienone is 3. The van der Waals surface area contributed by atoms with E-state index in [-0.39, 0.29) is 17.3 Å². The molecule has 0 saturated carbocycles. The Balaban J connectivity index is 1.85. The largest absolute Gasteiger partial charge is 0.508 e. The monoisotopic (exact) mass is 567 g/mol. The minimum Gasteiger partial charge on any atom is -0.508 e. The predicted octanol–water partition coefficient (Wildman–Crippen LogP) is 6.83. The zero-order valence-electron chi connectivity index (χ0n) is 22.0. The number of nitrogens with zero attached hydrogens (tertiary/aromatic N) is 1. The molecule has 2 aromatic carbocycles. The van der Waals surface area contributed by atoms with Crippen LogP contribution >= 0.6 is 15.9 Å². The fourth-order valence-corrected chi connectivity index (χ4v) is 6.61. The van der Waals surface area contributed by atoms with Crippen LogP contribution in [0.25, 0.3) is 5.57 Å². The van der Waals surface area contributed by atoms with E-state index in [2.05, 4.69) is 40.2 Å². The minimum absolute atomic E-state index is 0.0576. The number of benzene rings is 2. The first kappa shape index (κ1) is 27.7. The average molecular weight is 569 g/mol. The number of halogens is 2. The smallest absolute Gasteiger partial charge is 0.189 e. The third-order valence-corrected chi connectivity index (χ3v) is 8.31. The second-order valence-electron chi connectivity index (χ2n) is 10.5. The molecule has 1 radical (unpaired) electrons. The van der Waals surface area contributed by atoms with Gasteiger partial charge in [0.25, 0.3) is 0 Å². The molecule has 0 aromatic heterocycles. The zero-order chi connectivity index (χ0) is 26.5. The lowest BCUT2D eigenvalue weighted by molar-refractivity contribution is 0.103. The summed E-state index contributed by atoms with van der Waals surface area (Å²) >= 11 is 3.96. The molecule has 0 bridgehead atoms. The van der Waals surface area contributed by atoms with E-state index in [1.807, 2.05) is 6.07 Å². The van der Waals surface area contributed by atoms with E-state index in [1.165, 1.54) is 23.6 Å². The third kappa shape index (κ3) is 6.42. The number of carbonyl (C=O) groups excluding carboxylic acids is 1. The summed E-state index contributed by atoms with van der Waals surface area (Å²) in [5.74, 6) is 1.28. The summed E-state index contributed by atoms with van der Waals surface area (Å²) < 4.78 is 15.7. The van der Waals surface area contributed by atoms with Crippen LogP contribution < -0.4 is 5.32 Å². The second kappa shape index (κ2) is 12.5. The van der Waals surface area contributed by atoms with Crippen molar-refractivity contribution in [3.8, 4) is 5.75 Å². The van der Waals surface area contributed by atoms with E-state index in [0.29, 0.717) is 29.0 Å². The van der Waals surface area contributed by atoms with Crippen LogP contribution in [0, 0.1) is 24.6 Å². The van der Waals surface area contributed by atoms with Gasteiger partial charge in [0.15, 0.2) is 5.78 Å². The van der Waals surface area contributed by atoms with E-state index >= 15 is 0 Å². The maximum absolute atomic E-state index is 14.8. The standard InChI is InChI=1S/C31H37BrFN2O2/c1-20-25(13-7-14-27(20)33)29-26(31(37)22-10-6-12-24(36)17-22)18-21(9-4-5-16-35(2)3)28(30(29)32)23-11-8-15-34-19-23/h6-7,10,12-14,17,23,34,36H,4-5,8-9,11,15-16,18-19H2,1-3H3/t23-/m1/s1. The minimum atomic E-state index is -0.284. The highest BCUT2D eigenvalue weighted by molar-refractivity contribution is 9.12. The van der Waals surface area contributed by atoms with Gasteiger partial charge in [-0.1, -0.05) is 46.6 Å². The molecule has 37 heavy (non-hydrogen) atoms. The molecular weight excluding hydrogens is 531 g/mol. The first-order valence-corrected chi connectivity index (χ1v) is 14.0. The summed E-state index contributed by atoms with van der Waals surface area (Å²) in [6.07, 6.45) is 5.77. The van der Waals surface area contributed by atoms with Crippen LogP contribution in [0.5, 0.6) is 5.75 Å². The number of hydrogen-bond acceptors (Lipinski definition) is 4. The molecule has 1 aliphatic carbocycles. The van der Waals surface area contributed by atoms with Crippen LogP contribution in [0.3, 0.4) is 0 Å². The Morgan fingerprint density at radius 3 is 2.68 bits per heavy atom. The summed E-state index contributed by atoms with van der Waals surface area (Å²) in [5, 5.41) is 13.6. The Labute approximate surface area is 228 Å². The molecule has 1 aliphatic heterocycles. The van der Waals surface area contributed by atoms with E-state index in [0.717, 1.165) is 67.4 Å². The van der Waals surface area contributed by atoms with E-state index in [4.69, 9.17) is 0 Å². The molecule has 0 amide bonds. The Hall–Kier alpha value is -2.28. The van der Waals surface area contributed by atoms with Crippen molar-refractivity contribution in [1.29, 1.82) is 0 Å². The van der Waals surface area contributed by atoms with E-state index in [9.17, 15) is 14.3 Å². The molecule has 1 heterocycles. The highest BCUT2D eigenvalue weighted by atomic mass is 79.9. The van der Waals surface area contributed by atoms with Crippen molar-refractivity contribution in [3.63, 3.8) is 0 Å². The van der Waals surface area contributed by atoms with Gasteiger partial charge in [-0.05, 0) is 107 Å². The van der Waals surface area contributed by atoms with E-state index < -0.39 is 0 Å². The number of carbonyl (C=O) groups is 1. The molecular formula is C31H37BrFN2O2. The van der Waals surface area contributed by atoms with Crippen LogP contribution in [0.1, 0.15) is 60.0 Å². The average Bonchev–Trinajstić information content (AvgIpc) is 2.88. The topological polar surface area (TPSA) is 52.6 Å². The number of unbranched alkanes of at least 4 members (excludes halogenated alkanes) is 1. The quantitative estimate of drug-likeness (QED) is 0.257. The lowest BCUT2D eigenvalue weighted by atomic mass is 9.71. The Morgan fingerprint density at radius 2 is 1.97 bits per heavy atom. The lowest BCUT2D eigenvalue weighted by Gasteiger charge is -2.36. The molecule has 4 nitrogen and oxygen atoms in total. The van der Waals surface area contributed by atoms with Crippen molar-refractivity contribution in [2.45, 2.75) is 45.4 Å². The third-order valence-electron chi connectivity index (χ3n) is 7.49. The molecule has 0 spiro atoms. The summed E-state index contributed by atoms with van der Waals surface area (Å²) in [7, 11) is 4.18. The number of ketones is 1. The van der Waals surface area contributed by atoms with Crippen molar-refractivity contribution in [2.24, 2.45) is 5.92 Å². The molecule has 2 aliphatic rings. The number of Topliss-reactive ketones (excluding diaryl/α,β-unsaturated/α-hetero) is 1. The number of nitrogens with one attached hydrogen (secondary N) is 1. The van der Waals surface area contributed by atoms with Crippen LogP contribution in [0.2, 0.25) is 0 Å². The number of phenols is 1. The molecule has 1 saturated heterocycles. The summed E-state index contributed by atoms with van der Waals surface area (Å²) in [6.45, 7) is 4.72. The van der Waals surface area contributed by atoms with Crippen molar-refractivity contribution >= 4 is 27.3 Å². The molecule has 2 aromatic rings. The Kier molecular flexibility index (Phi) is 9.38. The molecule has 0 unspecified atom stereocenters. The fourth-order valence-electron chi connectivity index (χ4n) is 5.55. The van der Waals surface area contributed by atoms with Gasteiger partial charge in [-0.2, -0.15) is 0 Å². The van der Waals surface area contributed by atoms with Crippen molar-refractivity contribution in [2.75, 3.05) is 33.7 Å². The maximum Gasteiger partial charge on any atom is 0.189 e. The molecule has 1 atom stereocenters. The van der Waals surface area contributed by atoms with Crippen molar-refractivity contribution in [1.82, 2.24) is 10.2 Å². The van der Waals surface area contributed by atoms with Gasteiger partial charge in [-0.3, -0.25) is 4.79 Å². The van der Waals surface area contributed by atoms with Gasteiger partial charge in [0.2, 0.25) is 0 Å². The van der Waals surface area contributed by atoms with Crippen molar-refractivity contribution in [3.05, 3.63) is 86.5 Å². The zero-order valence-corrected chi connectivity index (χ0v) is 23.6. The van der Waals surface area contributed by atoms with Crippen LogP contribution in [-0.2, 0) is 0 Å². The highest BCUT2D eigenvalue weighted by Crippen LogP contribution is 2.50. The first-order valence-electron chi connectivity index (χ1n) is 13.2. The van der Waals surface area contributed by atoms with Gasteiger partial charge in [0.05, 0.1) is 0 Å². The Bertz CT molecular complexity index is 1200. The number of hydrogen-bond donors (Lipinski definition) is 2. The van der Waals surface area contributed by atoms with Crippen molar-refractivity contribution < 1.29 is 14.3 Å². The molecule has 6 heteroatoms. The maximum atomic E-state index is 14.8. The van der Waals surface area contributed by atoms with E-state index in [1.54, 1.807) is 31.2 Å². The summed E-state index contributed by atoms with van der Waals surface area (Å²) in [4.78, 5) is 16.2. The van der Waals surface area contributed by atoms with Gasteiger partial charge in [0, 0.05) is 33.7 Å². The molecule has 2 N–H and O–H groups in total.